The van der Waals surface area contributed by atoms with Gasteiger partial charge in [-0.05, 0) is 11.6 Å². The normalized spacial score (nSPS) is 12.4. The number of benzene rings is 1. The van der Waals surface area contributed by atoms with Gasteiger partial charge in [0.1, 0.15) is 12.5 Å². The molecule has 0 fully saturated rings. The van der Waals surface area contributed by atoms with Crippen LogP contribution >= 0.6 is 0 Å². The molecule has 0 amide bonds. The highest BCUT2D eigenvalue weighted by atomic mass is 16.7. The first-order chi connectivity index (χ1) is 7.81. The van der Waals surface area contributed by atoms with Crippen molar-refractivity contribution in [2.75, 3.05) is 27.6 Å². The SMILES string of the molecule is COCOC(CO)Cc1ccccc1OC. The molecule has 0 spiro atoms. The summed E-state index contributed by atoms with van der Waals surface area (Å²) in [6.45, 7) is 0.141. The van der Waals surface area contributed by atoms with Crippen LogP contribution in [0.5, 0.6) is 5.75 Å². The number of hydrogen-bond donors (Lipinski definition) is 1. The maximum absolute atomic E-state index is 9.16. The molecule has 1 N–H and O–H groups in total. The predicted octanol–water partition coefficient (Wildman–Crippen LogP) is 1.22. The van der Waals surface area contributed by atoms with E-state index in [1.165, 1.54) is 0 Å². The van der Waals surface area contributed by atoms with Crippen LogP contribution < -0.4 is 4.74 Å². The first-order valence-electron chi connectivity index (χ1n) is 5.15. The minimum absolute atomic E-state index is 0.0403. The Morgan fingerprint density at radius 3 is 2.62 bits per heavy atom. The molecule has 1 aromatic carbocycles. The van der Waals surface area contributed by atoms with E-state index in [1.54, 1.807) is 14.2 Å². The Kier molecular flexibility index (Phi) is 5.85. The number of rotatable bonds is 7. The Balaban J connectivity index is 2.62. The monoisotopic (exact) mass is 226 g/mol. The van der Waals surface area contributed by atoms with E-state index in [4.69, 9.17) is 19.3 Å². The summed E-state index contributed by atoms with van der Waals surface area (Å²) < 4.78 is 15.3. The van der Waals surface area contributed by atoms with Crippen molar-refractivity contribution in [3.8, 4) is 5.75 Å². The van der Waals surface area contributed by atoms with Crippen LogP contribution in [0.3, 0.4) is 0 Å². The smallest absolute Gasteiger partial charge is 0.146 e. The lowest BCUT2D eigenvalue weighted by Crippen LogP contribution is -2.22. The number of methoxy groups -OCH3 is 2. The summed E-state index contributed by atoms with van der Waals surface area (Å²) in [6.07, 6.45) is 0.334. The minimum Gasteiger partial charge on any atom is -0.496 e. The van der Waals surface area contributed by atoms with Crippen LogP contribution in [-0.2, 0) is 15.9 Å². The zero-order valence-electron chi connectivity index (χ0n) is 9.68. The molecule has 0 aliphatic carbocycles. The van der Waals surface area contributed by atoms with Crippen LogP contribution in [0.25, 0.3) is 0 Å². The van der Waals surface area contributed by atoms with Gasteiger partial charge in [0.15, 0.2) is 0 Å². The molecule has 0 radical (unpaired) electrons. The van der Waals surface area contributed by atoms with Gasteiger partial charge in [-0.1, -0.05) is 18.2 Å². The van der Waals surface area contributed by atoms with Crippen LogP contribution in [0.15, 0.2) is 24.3 Å². The van der Waals surface area contributed by atoms with Crippen molar-refractivity contribution in [2.45, 2.75) is 12.5 Å². The lowest BCUT2D eigenvalue weighted by Gasteiger charge is -2.16. The summed E-state index contributed by atoms with van der Waals surface area (Å²) in [5.74, 6) is 0.807. The molecule has 16 heavy (non-hydrogen) atoms. The summed E-state index contributed by atoms with van der Waals surface area (Å²) >= 11 is 0. The molecule has 0 saturated heterocycles. The molecule has 1 atom stereocenters. The van der Waals surface area contributed by atoms with Crippen LogP contribution in [-0.4, -0.2) is 38.8 Å². The highest BCUT2D eigenvalue weighted by Crippen LogP contribution is 2.19. The van der Waals surface area contributed by atoms with E-state index < -0.39 is 0 Å². The topological polar surface area (TPSA) is 47.9 Å². The summed E-state index contributed by atoms with van der Waals surface area (Å²) in [6, 6.07) is 7.69. The van der Waals surface area contributed by atoms with Crippen molar-refractivity contribution in [1.29, 1.82) is 0 Å². The van der Waals surface area contributed by atoms with Gasteiger partial charge in [-0.2, -0.15) is 0 Å². The summed E-state index contributed by atoms with van der Waals surface area (Å²) in [5.41, 5.74) is 1.01. The van der Waals surface area contributed by atoms with Crippen molar-refractivity contribution in [1.82, 2.24) is 0 Å². The van der Waals surface area contributed by atoms with Gasteiger partial charge in [-0.25, -0.2) is 0 Å². The van der Waals surface area contributed by atoms with E-state index in [1.807, 2.05) is 24.3 Å². The molecule has 1 unspecified atom stereocenters. The first kappa shape index (κ1) is 13.0. The predicted molar refractivity (Wildman–Crippen MR) is 60.5 cm³/mol. The molecule has 0 aliphatic heterocycles. The Labute approximate surface area is 95.8 Å². The third-order valence-electron chi connectivity index (χ3n) is 2.27. The molecule has 1 aromatic rings. The largest absolute Gasteiger partial charge is 0.496 e. The van der Waals surface area contributed by atoms with E-state index in [-0.39, 0.29) is 19.5 Å². The lowest BCUT2D eigenvalue weighted by atomic mass is 10.1. The average Bonchev–Trinajstić information content (AvgIpc) is 2.34. The van der Waals surface area contributed by atoms with Gasteiger partial charge in [0.2, 0.25) is 0 Å². The molecule has 0 heterocycles. The van der Waals surface area contributed by atoms with Crippen molar-refractivity contribution in [3.05, 3.63) is 29.8 Å². The molecule has 0 saturated carbocycles. The fourth-order valence-corrected chi connectivity index (χ4v) is 1.46. The minimum atomic E-state index is -0.267. The molecule has 1 rings (SSSR count). The molecule has 0 aliphatic rings. The zero-order chi connectivity index (χ0) is 11.8. The molecule has 90 valence electrons. The molecule has 0 bridgehead atoms. The lowest BCUT2D eigenvalue weighted by molar-refractivity contribution is -0.0864. The summed E-state index contributed by atoms with van der Waals surface area (Å²) in [4.78, 5) is 0. The molecular formula is C12H18O4. The third kappa shape index (κ3) is 3.81. The number of hydrogen-bond acceptors (Lipinski definition) is 4. The van der Waals surface area contributed by atoms with Crippen LogP contribution in [0.1, 0.15) is 5.56 Å². The van der Waals surface area contributed by atoms with Gasteiger partial charge in [-0.3, -0.25) is 0 Å². The van der Waals surface area contributed by atoms with Crippen molar-refractivity contribution in [3.63, 3.8) is 0 Å². The fourth-order valence-electron chi connectivity index (χ4n) is 1.46. The van der Waals surface area contributed by atoms with Crippen LogP contribution in [0.2, 0.25) is 0 Å². The molecule has 0 aromatic heterocycles. The third-order valence-corrected chi connectivity index (χ3v) is 2.27. The van der Waals surface area contributed by atoms with E-state index in [0.717, 1.165) is 11.3 Å². The summed E-state index contributed by atoms with van der Waals surface area (Å²) in [5, 5.41) is 9.16. The van der Waals surface area contributed by atoms with Crippen molar-refractivity contribution < 1.29 is 19.3 Å². The second kappa shape index (κ2) is 7.22. The maximum atomic E-state index is 9.16. The van der Waals surface area contributed by atoms with E-state index >= 15 is 0 Å². The average molecular weight is 226 g/mol. The fraction of sp³-hybridized carbons (Fsp3) is 0.500. The second-order valence-corrected chi connectivity index (χ2v) is 3.39. The second-order valence-electron chi connectivity index (χ2n) is 3.39. The van der Waals surface area contributed by atoms with Crippen molar-refractivity contribution >= 4 is 0 Å². The van der Waals surface area contributed by atoms with Gasteiger partial charge in [0, 0.05) is 13.5 Å². The van der Waals surface area contributed by atoms with Crippen molar-refractivity contribution in [2.24, 2.45) is 0 Å². The Bertz CT molecular complexity index is 301. The molecular weight excluding hydrogens is 208 g/mol. The number of aliphatic hydroxyl groups is 1. The van der Waals surface area contributed by atoms with Crippen LogP contribution in [0, 0.1) is 0 Å². The summed E-state index contributed by atoms with van der Waals surface area (Å²) in [7, 11) is 3.18. The van der Waals surface area contributed by atoms with Gasteiger partial charge in [0.05, 0.1) is 19.8 Å². The first-order valence-corrected chi connectivity index (χ1v) is 5.15. The Morgan fingerprint density at radius 1 is 1.25 bits per heavy atom. The highest BCUT2D eigenvalue weighted by Gasteiger charge is 2.11. The number of aliphatic hydroxyl groups excluding tert-OH is 1. The van der Waals surface area contributed by atoms with Gasteiger partial charge < -0.3 is 19.3 Å². The quantitative estimate of drug-likeness (QED) is 0.710. The Morgan fingerprint density at radius 2 is 2.00 bits per heavy atom. The number of para-hydroxylation sites is 1. The highest BCUT2D eigenvalue weighted by molar-refractivity contribution is 5.33. The zero-order valence-corrected chi connectivity index (χ0v) is 9.68. The maximum Gasteiger partial charge on any atom is 0.146 e. The van der Waals surface area contributed by atoms with Gasteiger partial charge in [0.25, 0.3) is 0 Å². The van der Waals surface area contributed by atoms with E-state index in [9.17, 15) is 0 Å². The van der Waals surface area contributed by atoms with Gasteiger partial charge in [-0.15, -0.1) is 0 Å². The van der Waals surface area contributed by atoms with Gasteiger partial charge >= 0.3 is 0 Å². The van der Waals surface area contributed by atoms with Crippen LogP contribution in [0.4, 0.5) is 0 Å². The number of ether oxygens (including phenoxy) is 3. The Hall–Kier alpha value is -1.10. The van der Waals surface area contributed by atoms with E-state index in [2.05, 4.69) is 0 Å². The standard InChI is InChI=1S/C12H18O4/c1-14-9-16-11(8-13)7-10-5-3-4-6-12(10)15-2/h3-6,11,13H,7-9H2,1-2H3. The van der Waals surface area contributed by atoms with E-state index in [0.29, 0.717) is 6.42 Å². The molecule has 4 nitrogen and oxygen atoms in total. The molecule has 4 heteroatoms.